The van der Waals surface area contributed by atoms with Crippen LogP contribution in [0.4, 0.5) is 13.9 Å². The third-order valence-electron chi connectivity index (χ3n) is 5.63. The molecule has 1 amide bonds. The van der Waals surface area contributed by atoms with Gasteiger partial charge in [0, 0.05) is 43.9 Å². The standard InChI is InChI=1S/C24H22F2N4O3S.ClH/c25-17-13-18(26)22-21(14-17)34-24(27-22)30(8-4-7-29-9-11-32-12-10-29)23(31)19-15-20(33-28-19)16-5-2-1-3-6-16;/h1-3,5-6,13-15H,4,7-12H2;1H. The third kappa shape index (κ3) is 5.67. The number of benzene rings is 2. The van der Waals surface area contributed by atoms with E-state index in [1.165, 1.54) is 11.0 Å². The van der Waals surface area contributed by atoms with Crippen molar-refractivity contribution in [2.75, 3.05) is 44.3 Å². The fourth-order valence-corrected chi connectivity index (χ4v) is 4.90. The number of anilines is 1. The van der Waals surface area contributed by atoms with E-state index in [-0.39, 0.29) is 28.7 Å². The number of hydrogen-bond acceptors (Lipinski definition) is 7. The largest absolute Gasteiger partial charge is 0.379 e. The highest BCUT2D eigenvalue weighted by Crippen LogP contribution is 2.32. The van der Waals surface area contributed by atoms with Crippen molar-refractivity contribution in [1.29, 1.82) is 0 Å². The maximum atomic E-state index is 14.3. The van der Waals surface area contributed by atoms with Crippen LogP contribution >= 0.6 is 23.7 Å². The summed E-state index contributed by atoms with van der Waals surface area (Å²) < 4.78 is 39.1. The number of amides is 1. The minimum Gasteiger partial charge on any atom is -0.379 e. The molecule has 11 heteroatoms. The molecule has 0 unspecified atom stereocenters. The second kappa shape index (κ2) is 11.2. The van der Waals surface area contributed by atoms with Crippen molar-refractivity contribution in [2.24, 2.45) is 0 Å². The molecule has 0 aliphatic carbocycles. The number of carbonyl (C=O) groups is 1. The summed E-state index contributed by atoms with van der Waals surface area (Å²) in [5.41, 5.74) is 0.957. The molecular formula is C24H23ClF2N4O3S. The molecule has 2 aromatic heterocycles. The molecular weight excluding hydrogens is 498 g/mol. The molecule has 0 radical (unpaired) electrons. The zero-order valence-corrected chi connectivity index (χ0v) is 20.3. The van der Waals surface area contributed by atoms with Crippen LogP contribution in [0.5, 0.6) is 0 Å². The molecule has 5 rings (SSSR count). The van der Waals surface area contributed by atoms with Crippen molar-refractivity contribution in [3.8, 4) is 11.3 Å². The van der Waals surface area contributed by atoms with Crippen LogP contribution in [-0.4, -0.2) is 60.3 Å². The van der Waals surface area contributed by atoms with Crippen molar-refractivity contribution < 1.29 is 22.8 Å². The van der Waals surface area contributed by atoms with Crippen LogP contribution in [0.2, 0.25) is 0 Å². The summed E-state index contributed by atoms with van der Waals surface area (Å²) in [5.74, 6) is -1.39. The number of carbonyl (C=O) groups excluding carboxylic acids is 1. The Morgan fingerprint density at radius 3 is 2.66 bits per heavy atom. The maximum Gasteiger partial charge on any atom is 0.282 e. The molecule has 1 aliphatic heterocycles. The van der Waals surface area contributed by atoms with E-state index in [9.17, 15) is 13.6 Å². The summed E-state index contributed by atoms with van der Waals surface area (Å²) in [6.45, 7) is 4.16. The number of aromatic nitrogens is 2. The van der Waals surface area contributed by atoms with Gasteiger partial charge in [0.15, 0.2) is 22.4 Å². The van der Waals surface area contributed by atoms with Crippen LogP contribution in [0.25, 0.3) is 21.5 Å². The molecule has 184 valence electrons. The van der Waals surface area contributed by atoms with Crippen LogP contribution in [0.15, 0.2) is 53.1 Å². The average molecular weight is 521 g/mol. The number of thiazole rings is 1. The van der Waals surface area contributed by atoms with Gasteiger partial charge in [-0.15, -0.1) is 12.4 Å². The number of halogens is 3. The molecule has 0 bridgehead atoms. The summed E-state index contributed by atoms with van der Waals surface area (Å²) in [4.78, 5) is 21.5. The minimum absolute atomic E-state index is 0. The van der Waals surface area contributed by atoms with Crippen molar-refractivity contribution >= 4 is 45.0 Å². The molecule has 3 heterocycles. The van der Waals surface area contributed by atoms with Gasteiger partial charge >= 0.3 is 0 Å². The maximum absolute atomic E-state index is 14.3. The summed E-state index contributed by atoms with van der Waals surface area (Å²) in [6, 6.07) is 12.9. The fraction of sp³-hybridized carbons (Fsp3) is 0.292. The highest BCUT2D eigenvalue weighted by molar-refractivity contribution is 7.22. The van der Waals surface area contributed by atoms with Crippen molar-refractivity contribution in [3.05, 3.63) is 65.9 Å². The molecule has 35 heavy (non-hydrogen) atoms. The van der Waals surface area contributed by atoms with E-state index in [4.69, 9.17) is 9.26 Å². The zero-order valence-electron chi connectivity index (χ0n) is 18.7. The average Bonchev–Trinajstić information content (AvgIpc) is 3.51. The summed E-state index contributed by atoms with van der Waals surface area (Å²) >= 11 is 1.07. The molecule has 0 N–H and O–H groups in total. The van der Waals surface area contributed by atoms with Gasteiger partial charge in [-0.25, -0.2) is 13.8 Å². The number of morpholine rings is 1. The van der Waals surface area contributed by atoms with E-state index in [1.54, 1.807) is 6.07 Å². The fourth-order valence-electron chi connectivity index (χ4n) is 3.87. The van der Waals surface area contributed by atoms with E-state index < -0.39 is 17.5 Å². The lowest BCUT2D eigenvalue weighted by Crippen LogP contribution is -2.39. The van der Waals surface area contributed by atoms with Gasteiger partial charge in [0.05, 0.1) is 17.9 Å². The molecule has 1 fully saturated rings. The van der Waals surface area contributed by atoms with E-state index in [0.29, 0.717) is 36.6 Å². The quantitative estimate of drug-likeness (QED) is 0.341. The Labute approximate surface area is 210 Å². The van der Waals surface area contributed by atoms with E-state index in [0.717, 1.165) is 42.6 Å². The van der Waals surface area contributed by atoms with Crippen molar-refractivity contribution in [2.45, 2.75) is 6.42 Å². The lowest BCUT2D eigenvalue weighted by Gasteiger charge is -2.27. The first-order valence-electron chi connectivity index (χ1n) is 11.0. The van der Waals surface area contributed by atoms with Gasteiger partial charge in [0.25, 0.3) is 5.91 Å². The Morgan fingerprint density at radius 2 is 1.89 bits per heavy atom. The van der Waals surface area contributed by atoms with Gasteiger partial charge in [-0.1, -0.05) is 46.8 Å². The zero-order chi connectivity index (χ0) is 23.5. The first kappa shape index (κ1) is 25.2. The second-order valence-electron chi connectivity index (χ2n) is 7.94. The molecule has 0 saturated carbocycles. The van der Waals surface area contributed by atoms with Crippen LogP contribution in [0.1, 0.15) is 16.9 Å². The van der Waals surface area contributed by atoms with Crippen LogP contribution in [-0.2, 0) is 4.74 Å². The number of fused-ring (bicyclic) bond motifs is 1. The first-order chi connectivity index (χ1) is 16.6. The molecule has 7 nitrogen and oxygen atoms in total. The van der Waals surface area contributed by atoms with Gasteiger partial charge in [-0.05, 0) is 12.5 Å². The SMILES string of the molecule is Cl.O=C(c1cc(-c2ccccc2)on1)N(CCCN1CCOCC1)c1nc2c(F)cc(F)cc2s1. The Hall–Kier alpha value is -2.92. The van der Waals surface area contributed by atoms with E-state index >= 15 is 0 Å². The monoisotopic (exact) mass is 520 g/mol. The Bertz CT molecular complexity index is 1290. The van der Waals surface area contributed by atoms with Crippen LogP contribution < -0.4 is 4.90 Å². The van der Waals surface area contributed by atoms with E-state index in [2.05, 4.69) is 15.0 Å². The smallest absolute Gasteiger partial charge is 0.282 e. The van der Waals surface area contributed by atoms with Gasteiger partial charge in [0.2, 0.25) is 0 Å². The van der Waals surface area contributed by atoms with Crippen molar-refractivity contribution in [1.82, 2.24) is 15.0 Å². The minimum atomic E-state index is -0.758. The molecule has 1 aliphatic rings. The Morgan fingerprint density at radius 1 is 1.11 bits per heavy atom. The Balaban J connectivity index is 0.00000289. The van der Waals surface area contributed by atoms with Crippen LogP contribution in [0, 0.1) is 11.6 Å². The van der Waals surface area contributed by atoms with E-state index in [1.807, 2.05) is 30.3 Å². The van der Waals surface area contributed by atoms with Gasteiger partial charge in [0.1, 0.15) is 11.3 Å². The topological polar surface area (TPSA) is 71.7 Å². The molecule has 4 aromatic rings. The summed E-state index contributed by atoms with van der Waals surface area (Å²) in [6.07, 6.45) is 0.669. The summed E-state index contributed by atoms with van der Waals surface area (Å²) in [7, 11) is 0. The van der Waals surface area contributed by atoms with Gasteiger partial charge in [-0.3, -0.25) is 14.6 Å². The molecule has 0 atom stereocenters. The number of rotatable bonds is 7. The van der Waals surface area contributed by atoms with Crippen LogP contribution in [0.3, 0.4) is 0 Å². The van der Waals surface area contributed by atoms with Gasteiger partial charge < -0.3 is 9.26 Å². The Kier molecular flexibility index (Phi) is 8.07. The highest BCUT2D eigenvalue weighted by atomic mass is 35.5. The number of nitrogens with zero attached hydrogens (tertiary/aromatic N) is 4. The molecule has 2 aromatic carbocycles. The highest BCUT2D eigenvalue weighted by Gasteiger charge is 2.26. The first-order valence-corrected chi connectivity index (χ1v) is 11.8. The third-order valence-corrected chi connectivity index (χ3v) is 6.65. The normalized spacial score (nSPS) is 14.1. The number of ether oxygens (including phenoxy) is 1. The van der Waals surface area contributed by atoms with Crippen molar-refractivity contribution in [3.63, 3.8) is 0 Å². The number of hydrogen-bond donors (Lipinski definition) is 0. The summed E-state index contributed by atoms with van der Waals surface area (Å²) in [5, 5.41) is 4.26. The molecule has 0 spiro atoms. The second-order valence-corrected chi connectivity index (χ2v) is 8.95. The molecule has 1 saturated heterocycles. The van der Waals surface area contributed by atoms with Gasteiger partial charge in [-0.2, -0.15) is 0 Å². The predicted octanol–water partition coefficient (Wildman–Crippen LogP) is 5.02. The predicted molar refractivity (Wildman–Crippen MR) is 132 cm³/mol. The lowest BCUT2D eigenvalue weighted by atomic mass is 10.1. The lowest BCUT2D eigenvalue weighted by molar-refractivity contribution is 0.0376.